The number of hydrogen-bond acceptors (Lipinski definition) is 1. The molecule has 0 saturated heterocycles. The molecule has 1 saturated carbocycles. The highest BCUT2D eigenvalue weighted by Crippen LogP contribution is 2.37. The molecule has 0 spiro atoms. The Kier molecular flexibility index (Phi) is 5.35. The highest BCUT2D eigenvalue weighted by molar-refractivity contribution is 4.95. The molecule has 1 aliphatic carbocycles. The largest absolute Gasteiger partial charge is 0.313 e. The fourth-order valence-electron chi connectivity index (χ4n) is 2.63. The van der Waals surface area contributed by atoms with Gasteiger partial charge in [0.15, 0.2) is 0 Å². The molecule has 1 N–H and O–H groups in total. The Morgan fingerprint density at radius 1 is 1.12 bits per heavy atom. The quantitative estimate of drug-likeness (QED) is 0.567. The van der Waals surface area contributed by atoms with E-state index in [2.05, 4.69) is 37.9 Å². The Labute approximate surface area is 101 Å². The first kappa shape index (κ1) is 13.6. The lowest BCUT2D eigenvalue weighted by atomic mass is 9.71. The van der Waals surface area contributed by atoms with Crippen molar-refractivity contribution < 1.29 is 0 Å². The maximum atomic E-state index is 3.63. The minimum atomic E-state index is 0.499. The first-order chi connectivity index (χ1) is 7.54. The van der Waals surface area contributed by atoms with E-state index in [1.54, 1.807) is 0 Å². The Hall–Kier alpha value is -0.480. The summed E-state index contributed by atoms with van der Waals surface area (Å²) in [5.41, 5.74) is 0.499. The van der Waals surface area contributed by atoms with Crippen molar-refractivity contribution in [1.82, 2.24) is 5.32 Å². The average molecular weight is 221 g/mol. The fourth-order valence-corrected chi connectivity index (χ4v) is 2.63. The van der Waals surface area contributed by atoms with Gasteiger partial charge in [-0.2, -0.15) is 0 Å². The summed E-state index contributed by atoms with van der Waals surface area (Å²) in [5, 5.41) is 3.63. The maximum absolute atomic E-state index is 3.63. The Morgan fingerprint density at radius 3 is 2.25 bits per heavy atom. The zero-order valence-corrected chi connectivity index (χ0v) is 11.4. The maximum Gasteiger partial charge on any atom is 0.0214 e. The third kappa shape index (κ3) is 4.58. The smallest absolute Gasteiger partial charge is 0.0214 e. The van der Waals surface area contributed by atoms with E-state index in [0.29, 0.717) is 5.41 Å². The van der Waals surface area contributed by atoms with Crippen LogP contribution in [-0.4, -0.2) is 12.6 Å². The topological polar surface area (TPSA) is 12.0 Å². The molecule has 0 aromatic carbocycles. The summed E-state index contributed by atoms with van der Waals surface area (Å²) in [6.07, 6.45) is 6.47. The van der Waals surface area contributed by atoms with Crippen molar-refractivity contribution in [3.05, 3.63) is 0 Å². The highest BCUT2D eigenvalue weighted by Gasteiger charge is 2.29. The van der Waals surface area contributed by atoms with E-state index in [-0.39, 0.29) is 0 Å². The fraction of sp³-hybridized carbons (Fsp3) is 0.867. The molecule has 0 radical (unpaired) electrons. The van der Waals surface area contributed by atoms with Crippen LogP contribution in [0.5, 0.6) is 0 Å². The second kappa shape index (κ2) is 6.30. The van der Waals surface area contributed by atoms with Crippen LogP contribution < -0.4 is 5.32 Å². The van der Waals surface area contributed by atoms with E-state index in [4.69, 9.17) is 0 Å². The molecule has 0 bridgehead atoms. The van der Waals surface area contributed by atoms with Gasteiger partial charge in [0.2, 0.25) is 0 Å². The second-order valence-corrected chi connectivity index (χ2v) is 6.05. The molecule has 92 valence electrons. The van der Waals surface area contributed by atoms with Gasteiger partial charge in [-0.25, -0.2) is 0 Å². The van der Waals surface area contributed by atoms with Gasteiger partial charge in [-0.15, -0.1) is 11.8 Å². The lowest BCUT2D eigenvalue weighted by Gasteiger charge is -2.37. The van der Waals surface area contributed by atoms with E-state index in [1.807, 2.05) is 6.92 Å². The minimum absolute atomic E-state index is 0.499. The van der Waals surface area contributed by atoms with Crippen molar-refractivity contribution in [2.45, 2.75) is 65.8 Å². The van der Waals surface area contributed by atoms with Crippen LogP contribution in [0.15, 0.2) is 0 Å². The van der Waals surface area contributed by atoms with Crippen LogP contribution >= 0.6 is 0 Å². The average Bonchev–Trinajstić information content (AvgIpc) is 2.24. The summed E-state index contributed by atoms with van der Waals surface area (Å²) in [5.74, 6) is 6.97. The zero-order valence-electron chi connectivity index (χ0n) is 11.4. The van der Waals surface area contributed by atoms with Crippen molar-refractivity contribution in [3.8, 4) is 11.8 Å². The first-order valence-corrected chi connectivity index (χ1v) is 6.67. The zero-order chi connectivity index (χ0) is 12.0. The lowest BCUT2D eigenvalue weighted by molar-refractivity contribution is 0.160. The van der Waals surface area contributed by atoms with Crippen LogP contribution in [0.1, 0.15) is 59.8 Å². The standard InChI is InChI=1S/C15H27N/c1-5-6-7-12-16-14-10-8-13(9-11-14)15(2,3)4/h13-14,16H,7-12H2,1-4H3. The molecule has 1 rings (SSSR count). The van der Waals surface area contributed by atoms with Crippen molar-refractivity contribution in [3.63, 3.8) is 0 Å². The van der Waals surface area contributed by atoms with E-state index < -0.39 is 0 Å². The number of nitrogens with one attached hydrogen (secondary N) is 1. The summed E-state index contributed by atoms with van der Waals surface area (Å²) in [6, 6.07) is 0.747. The molecule has 0 unspecified atom stereocenters. The molecule has 0 amide bonds. The van der Waals surface area contributed by atoms with Gasteiger partial charge in [-0.05, 0) is 43.9 Å². The summed E-state index contributed by atoms with van der Waals surface area (Å²) < 4.78 is 0. The van der Waals surface area contributed by atoms with E-state index in [1.165, 1.54) is 25.7 Å². The number of rotatable bonds is 3. The summed E-state index contributed by atoms with van der Waals surface area (Å²) in [4.78, 5) is 0. The Morgan fingerprint density at radius 2 is 1.75 bits per heavy atom. The Balaban J connectivity index is 2.19. The molecule has 0 aromatic rings. The number of hydrogen-bond donors (Lipinski definition) is 1. The Bertz CT molecular complexity index is 243. The molecule has 0 heterocycles. The predicted molar refractivity (Wildman–Crippen MR) is 71.3 cm³/mol. The molecule has 1 heteroatoms. The van der Waals surface area contributed by atoms with Gasteiger partial charge in [0.05, 0.1) is 0 Å². The van der Waals surface area contributed by atoms with Crippen LogP contribution in [0.25, 0.3) is 0 Å². The summed E-state index contributed by atoms with van der Waals surface area (Å²) in [6.45, 7) is 10.1. The normalized spacial score (nSPS) is 26.0. The van der Waals surface area contributed by atoms with Crippen LogP contribution in [0.4, 0.5) is 0 Å². The van der Waals surface area contributed by atoms with Crippen molar-refractivity contribution in [2.75, 3.05) is 6.54 Å². The first-order valence-electron chi connectivity index (χ1n) is 6.67. The van der Waals surface area contributed by atoms with Gasteiger partial charge in [-0.1, -0.05) is 20.8 Å². The van der Waals surface area contributed by atoms with Gasteiger partial charge >= 0.3 is 0 Å². The van der Waals surface area contributed by atoms with Crippen molar-refractivity contribution >= 4 is 0 Å². The molecule has 0 aromatic heterocycles. The third-order valence-corrected chi connectivity index (χ3v) is 3.81. The van der Waals surface area contributed by atoms with Gasteiger partial charge in [-0.3, -0.25) is 0 Å². The summed E-state index contributed by atoms with van der Waals surface area (Å²) >= 11 is 0. The SMILES string of the molecule is CC#CCCNC1CCC(C(C)(C)C)CC1. The second-order valence-electron chi connectivity index (χ2n) is 6.05. The van der Waals surface area contributed by atoms with Gasteiger partial charge < -0.3 is 5.32 Å². The molecular weight excluding hydrogens is 194 g/mol. The van der Waals surface area contributed by atoms with Gasteiger partial charge in [0, 0.05) is 19.0 Å². The third-order valence-electron chi connectivity index (χ3n) is 3.81. The van der Waals surface area contributed by atoms with Gasteiger partial charge in [0.25, 0.3) is 0 Å². The molecule has 0 atom stereocenters. The van der Waals surface area contributed by atoms with E-state index in [9.17, 15) is 0 Å². The minimum Gasteiger partial charge on any atom is -0.313 e. The molecule has 0 aliphatic heterocycles. The monoisotopic (exact) mass is 221 g/mol. The van der Waals surface area contributed by atoms with Crippen LogP contribution in [0.3, 0.4) is 0 Å². The molecule has 16 heavy (non-hydrogen) atoms. The van der Waals surface area contributed by atoms with E-state index >= 15 is 0 Å². The highest BCUT2D eigenvalue weighted by atomic mass is 14.9. The van der Waals surface area contributed by atoms with E-state index in [0.717, 1.165) is 24.9 Å². The molecular formula is C15H27N. The van der Waals surface area contributed by atoms with Crippen molar-refractivity contribution in [2.24, 2.45) is 11.3 Å². The molecule has 1 fully saturated rings. The molecule has 1 nitrogen and oxygen atoms in total. The van der Waals surface area contributed by atoms with Gasteiger partial charge in [0.1, 0.15) is 0 Å². The summed E-state index contributed by atoms with van der Waals surface area (Å²) in [7, 11) is 0. The van der Waals surface area contributed by atoms with Crippen LogP contribution in [-0.2, 0) is 0 Å². The van der Waals surface area contributed by atoms with Crippen molar-refractivity contribution in [1.29, 1.82) is 0 Å². The molecule has 1 aliphatic rings. The van der Waals surface area contributed by atoms with Crippen LogP contribution in [0.2, 0.25) is 0 Å². The van der Waals surface area contributed by atoms with Crippen LogP contribution in [0, 0.1) is 23.2 Å². The lowest BCUT2D eigenvalue weighted by Crippen LogP contribution is -2.36. The predicted octanol–water partition coefficient (Wildman–Crippen LogP) is 3.59.